The summed E-state index contributed by atoms with van der Waals surface area (Å²) in [4.78, 5) is 1.58. The molecule has 2 aromatic rings. The van der Waals surface area contributed by atoms with Gasteiger partial charge in [-0.05, 0) is 54.1 Å². The monoisotopic (exact) mass is 249 g/mol. The Kier molecular flexibility index (Phi) is 2.74. The van der Waals surface area contributed by atoms with Crippen molar-refractivity contribution in [1.29, 1.82) is 0 Å². The second-order valence-electron chi connectivity index (χ2n) is 4.36. The molecule has 0 saturated carbocycles. The van der Waals surface area contributed by atoms with E-state index in [2.05, 4.69) is 34.4 Å². The zero-order valence-corrected chi connectivity index (χ0v) is 11.0. The molecular weight excluding hydrogens is 234 g/mol. The zero-order valence-electron chi connectivity index (χ0n) is 9.32. The van der Waals surface area contributed by atoms with Crippen molar-refractivity contribution in [1.82, 2.24) is 0 Å². The molecule has 3 rings (SSSR count). The van der Waals surface area contributed by atoms with Crippen molar-refractivity contribution in [3.8, 4) is 0 Å². The number of rotatable bonds is 2. The largest absolute Gasteiger partial charge is 0.377 e. The Balaban J connectivity index is 1.85. The molecule has 0 bridgehead atoms. The first-order chi connectivity index (χ1) is 7.84. The van der Waals surface area contributed by atoms with E-state index in [1.165, 1.54) is 36.1 Å². The fourth-order valence-corrected chi connectivity index (χ4v) is 4.11. The molecule has 0 amide bonds. The molecule has 3 heteroatoms. The Morgan fingerprint density at radius 2 is 2.31 bits per heavy atom. The van der Waals surface area contributed by atoms with Crippen molar-refractivity contribution in [3.63, 3.8) is 0 Å². The SMILES string of the molecule is Cc1cscc1NC1CCCc2sccc21. The summed E-state index contributed by atoms with van der Waals surface area (Å²) in [6, 6.07) is 2.82. The highest BCUT2D eigenvalue weighted by Gasteiger charge is 2.21. The van der Waals surface area contributed by atoms with Gasteiger partial charge in [-0.25, -0.2) is 0 Å². The maximum absolute atomic E-state index is 3.69. The van der Waals surface area contributed by atoms with Gasteiger partial charge in [-0.2, -0.15) is 0 Å². The van der Waals surface area contributed by atoms with Crippen molar-refractivity contribution in [2.24, 2.45) is 0 Å². The van der Waals surface area contributed by atoms with Crippen LogP contribution in [-0.2, 0) is 6.42 Å². The first-order valence-electron chi connectivity index (χ1n) is 5.70. The Morgan fingerprint density at radius 3 is 3.12 bits per heavy atom. The summed E-state index contributed by atoms with van der Waals surface area (Å²) in [7, 11) is 0. The van der Waals surface area contributed by atoms with E-state index in [9.17, 15) is 0 Å². The second-order valence-corrected chi connectivity index (χ2v) is 6.10. The summed E-state index contributed by atoms with van der Waals surface area (Å²) in [5.74, 6) is 0. The van der Waals surface area contributed by atoms with Crippen LogP contribution in [0.4, 0.5) is 5.69 Å². The molecule has 1 unspecified atom stereocenters. The summed E-state index contributed by atoms with van der Waals surface area (Å²) >= 11 is 3.69. The summed E-state index contributed by atoms with van der Waals surface area (Å²) in [5.41, 5.74) is 4.21. The smallest absolute Gasteiger partial charge is 0.0525 e. The molecule has 0 radical (unpaired) electrons. The van der Waals surface area contributed by atoms with Crippen LogP contribution in [0.15, 0.2) is 22.2 Å². The molecule has 0 aromatic carbocycles. The third-order valence-electron chi connectivity index (χ3n) is 3.24. The van der Waals surface area contributed by atoms with Gasteiger partial charge in [0.25, 0.3) is 0 Å². The summed E-state index contributed by atoms with van der Waals surface area (Å²) in [6.45, 7) is 2.18. The van der Waals surface area contributed by atoms with Crippen molar-refractivity contribution in [2.75, 3.05) is 5.32 Å². The highest BCUT2D eigenvalue weighted by molar-refractivity contribution is 7.10. The molecule has 2 aromatic heterocycles. The molecule has 1 aliphatic rings. The zero-order chi connectivity index (χ0) is 11.0. The van der Waals surface area contributed by atoms with Gasteiger partial charge in [0, 0.05) is 15.9 Å². The van der Waals surface area contributed by atoms with Crippen LogP contribution in [0.5, 0.6) is 0 Å². The minimum absolute atomic E-state index is 0.531. The minimum atomic E-state index is 0.531. The molecule has 2 heterocycles. The van der Waals surface area contributed by atoms with E-state index in [4.69, 9.17) is 0 Å². The highest BCUT2D eigenvalue weighted by atomic mass is 32.1. The Bertz CT molecular complexity index is 484. The quantitative estimate of drug-likeness (QED) is 0.819. The van der Waals surface area contributed by atoms with E-state index >= 15 is 0 Å². The van der Waals surface area contributed by atoms with Gasteiger partial charge in [0.15, 0.2) is 0 Å². The van der Waals surface area contributed by atoms with Crippen LogP contribution in [-0.4, -0.2) is 0 Å². The van der Waals surface area contributed by atoms with Crippen LogP contribution in [0, 0.1) is 6.92 Å². The molecular formula is C13H15NS2. The van der Waals surface area contributed by atoms with Gasteiger partial charge in [-0.1, -0.05) is 0 Å². The van der Waals surface area contributed by atoms with Gasteiger partial charge in [0.1, 0.15) is 0 Å². The van der Waals surface area contributed by atoms with Crippen LogP contribution in [0.2, 0.25) is 0 Å². The van der Waals surface area contributed by atoms with E-state index < -0.39 is 0 Å². The number of fused-ring (bicyclic) bond motifs is 1. The van der Waals surface area contributed by atoms with Gasteiger partial charge in [0.05, 0.1) is 6.04 Å². The molecule has 0 aliphatic heterocycles. The maximum Gasteiger partial charge on any atom is 0.0525 e. The lowest BCUT2D eigenvalue weighted by atomic mass is 9.94. The number of hydrogen-bond donors (Lipinski definition) is 1. The molecule has 1 aliphatic carbocycles. The van der Waals surface area contributed by atoms with Gasteiger partial charge in [-0.3, -0.25) is 0 Å². The molecule has 0 spiro atoms. The summed E-state index contributed by atoms with van der Waals surface area (Å²) < 4.78 is 0. The average molecular weight is 249 g/mol. The molecule has 16 heavy (non-hydrogen) atoms. The summed E-state index contributed by atoms with van der Waals surface area (Å²) in [5, 5.41) is 10.3. The molecule has 0 saturated heterocycles. The molecule has 1 nitrogen and oxygen atoms in total. The third-order valence-corrected chi connectivity index (χ3v) is 5.10. The number of thiophene rings is 2. The third kappa shape index (κ3) is 1.78. The fourth-order valence-electron chi connectivity index (χ4n) is 2.33. The van der Waals surface area contributed by atoms with Crippen LogP contribution in [0.3, 0.4) is 0 Å². The lowest BCUT2D eigenvalue weighted by Crippen LogP contribution is -2.15. The van der Waals surface area contributed by atoms with Gasteiger partial charge >= 0.3 is 0 Å². The molecule has 1 N–H and O–H groups in total. The maximum atomic E-state index is 3.69. The molecule has 84 valence electrons. The van der Waals surface area contributed by atoms with E-state index in [-0.39, 0.29) is 0 Å². The van der Waals surface area contributed by atoms with Crippen molar-refractivity contribution < 1.29 is 0 Å². The Morgan fingerprint density at radius 1 is 1.38 bits per heavy atom. The Hall–Kier alpha value is -0.800. The number of aryl methyl sites for hydroxylation is 2. The van der Waals surface area contributed by atoms with Crippen molar-refractivity contribution in [3.05, 3.63) is 38.2 Å². The predicted octanol–water partition coefficient (Wildman–Crippen LogP) is 4.61. The van der Waals surface area contributed by atoms with E-state index in [0.717, 1.165) is 0 Å². The first-order valence-corrected chi connectivity index (χ1v) is 7.52. The van der Waals surface area contributed by atoms with Crippen molar-refractivity contribution >= 4 is 28.4 Å². The molecule has 1 atom stereocenters. The van der Waals surface area contributed by atoms with E-state index in [0.29, 0.717) is 6.04 Å². The normalized spacial score (nSPS) is 19.4. The highest BCUT2D eigenvalue weighted by Crippen LogP contribution is 2.36. The average Bonchev–Trinajstić information content (AvgIpc) is 2.89. The van der Waals surface area contributed by atoms with Crippen molar-refractivity contribution in [2.45, 2.75) is 32.2 Å². The van der Waals surface area contributed by atoms with Crippen LogP contribution in [0.1, 0.15) is 34.9 Å². The Labute approximate surface area is 104 Å². The predicted molar refractivity (Wildman–Crippen MR) is 72.7 cm³/mol. The second kappa shape index (κ2) is 4.22. The fraction of sp³-hybridized carbons (Fsp3) is 0.385. The minimum Gasteiger partial charge on any atom is -0.377 e. The lowest BCUT2D eigenvalue weighted by Gasteiger charge is -2.24. The van der Waals surface area contributed by atoms with E-state index in [1.54, 1.807) is 16.2 Å². The topological polar surface area (TPSA) is 12.0 Å². The van der Waals surface area contributed by atoms with Gasteiger partial charge in [-0.15, -0.1) is 22.7 Å². The summed E-state index contributed by atoms with van der Waals surface area (Å²) in [6.07, 6.45) is 3.85. The van der Waals surface area contributed by atoms with Gasteiger partial charge < -0.3 is 5.32 Å². The first kappa shape index (κ1) is 10.4. The van der Waals surface area contributed by atoms with Crippen LogP contribution in [0.25, 0.3) is 0 Å². The number of anilines is 1. The number of nitrogens with one attached hydrogen (secondary N) is 1. The lowest BCUT2D eigenvalue weighted by molar-refractivity contribution is 0.609. The van der Waals surface area contributed by atoms with Crippen LogP contribution < -0.4 is 5.32 Å². The number of hydrogen-bond acceptors (Lipinski definition) is 3. The van der Waals surface area contributed by atoms with Gasteiger partial charge in [0.2, 0.25) is 0 Å². The van der Waals surface area contributed by atoms with E-state index in [1.807, 2.05) is 11.3 Å². The standard InChI is InChI=1S/C13H15NS2/c1-9-7-15-8-12(9)14-11-3-2-4-13-10(11)5-6-16-13/h5-8,11,14H,2-4H2,1H3. The van der Waals surface area contributed by atoms with Crippen LogP contribution >= 0.6 is 22.7 Å². The molecule has 0 fully saturated rings.